The number of carboxylic acids is 1. The minimum Gasteiger partial charge on any atom is -0.478 e. The van der Waals surface area contributed by atoms with Crippen molar-refractivity contribution in [3.63, 3.8) is 0 Å². The molecule has 1 heterocycles. The smallest absolute Gasteiger partial charge is 0.335 e. The van der Waals surface area contributed by atoms with E-state index >= 15 is 0 Å². The summed E-state index contributed by atoms with van der Waals surface area (Å²) in [4.78, 5) is 16.6. The molecule has 0 fully saturated rings. The normalized spacial score (nSPS) is 10.8. The van der Waals surface area contributed by atoms with E-state index in [-0.39, 0.29) is 5.56 Å². The molecule has 1 N–H and O–H groups in total. The quantitative estimate of drug-likeness (QED) is 0.666. The number of aromatic carboxylic acids is 1. The number of carbonyl (C=O) groups is 1. The molecule has 5 heteroatoms. The maximum absolute atomic E-state index is 10.9. The lowest BCUT2D eigenvalue weighted by Crippen LogP contribution is -1.95. The molecule has 1 aromatic heterocycles. The van der Waals surface area contributed by atoms with Gasteiger partial charge in [-0.05, 0) is 50.2 Å². The van der Waals surface area contributed by atoms with E-state index in [1.165, 1.54) is 10.5 Å². The van der Waals surface area contributed by atoms with Gasteiger partial charge in [-0.1, -0.05) is 17.7 Å². The van der Waals surface area contributed by atoms with Gasteiger partial charge in [-0.3, -0.25) is 0 Å². The molecule has 0 aliphatic heterocycles. The standard InChI is InChI=1S/C19H17NO3S/c1-12-3-9-16(10-4-12)24-11-17-13(2)23-18(20-17)14-5-7-15(8-6-14)19(21)22/h3-10H,11H2,1-2H3,(H,21,22). The summed E-state index contributed by atoms with van der Waals surface area (Å²) in [6, 6.07) is 14.9. The van der Waals surface area contributed by atoms with Gasteiger partial charge in [0.2, 0.25) is 5.89 Å². The van der Waals surface area contributed by atoms with Crippen LogP contribution in [0.1, 0.15) is 27.4 Å². The minimum atomic E-state index is -0.944. The Bertz CT molecular complexity index is 851. The summed E-state index contributed by atoms with van der Waals surface area (Å²) in [5, 5.41) is 8.95. The van der Waals surface area contributed by atoms with Gasteiger partial charge < -0.3 is 9.52 Å². The number of rotatable bonds is 5. The Balaban J connectivity index is 1.74. The van der Waals surface area contributed by atoms with Crippen LogP contribution in [0, 0.1) is 13.8 Å². The minimum absolute atomic E-state index is 0.247. The topological polar surface area (TPSA) is 63.3 Å². The van der Waals surface area contributed by atoms with Gasteiger partial charge in [0, 0.05) is 16.2 Å². The van der Waals surface area contributed by atoms with E-state index in [2.05, 4.69) is 36.2 Å². The number of hydrogen-bond donors (Lipinski definition) is 1. The van der Waals surface area contributed by atoms with Gasteiger partial charge in [-0.2, -0.15) is 0 Å². The van der Waals surface area contributed by atoms with Gasteiger partial charge in [-0.15, -0.1) is 11.8 Å². The van der Waals surface area contributed by atoms with Crippen LogP contribution in [0.25, 0.3) is 11.5 Å². The summed E-state index contributed by atoms with van der Waals surface area (Å²) in [7, 11) is 0. The number of thioether (sulfide) groups is 1. The largest absolute Gasteiger partial charge is 0.478 e. The second-order valence-electron chi connectivity index (χ2n) is 5.51. The van der Waals surface area contributed by atoms with E-state index in [9.17, 15) is 4.79 Å². The summed E-state index contributed by atoms with van der Waals surface area (Å²) in [5.74, 6) is 1.09. The maximum Gasteiger partial charge on any atom is 0.335 e. The first-order chi connectivity index (χ1) is 11.5. The SMILES string of the molecule is Cc1ccc(SCc2nc(-c3ccc(C(=O)O)cc3)oc2C)cc1. The summed E-state index contributed by atoms with van der Waals surface area (Å²) in [6.07, 6.45) is 0. The van der Waals surface area contributed by atoms with E-state index in [0.29, 0.717) is 5.89 Å². The molecule has 0 aliphatic carbocycles. The van der Waals surface area contributed by atoms with E-state index < -0.39 is 5.97 Å². The van der Waals surface area contributed by atoms with Gasteiger partial charge in [-0.25, -0.2) is 9.78 Å². The Hall–Kier alpha value is -2.53. The van der Waals surface area contributed by atoms with Crippen LogP contribution in [0.5, 0.6) is 0 Å². The summed E-state index contributed by atoms with van der Waals surface area (Å²) in [6.45, 7) is 3.96. The molecular formula is C19H17NO3S. The first-order valence-corrected chi connectivity index (χ1v) is 8.51. The van der Waals surface area contributed by atoms with Crippen molar-refractivity contribution in [1.82, 2.24) is 4.98 Å². The van der Waals surface area contributed by atoms with Gasteiger partial charge in [0.25, 0.3) is 0 Å². The molecule has 0 saturated carbocycles. The molecule has 2 aromatic carbocycles. The van der Waals surface area contributed by atoms with E-state index in [0.717, 1.165) is 22.8 Å². The van der Waals surface area contributed by atoms with Gasteiger partial charge >= 0.3 is 5.97 Å². The third-order valence-corrected chi connectivity index (χ3v) is 4.69. The molecule has 0 spiro atoms. The van der Waals surface area contributed by atoms with Crippen LogP contribution in [0.15, 0.2) is 57.8 Å². The van der Waals surface area contributed by atoms with Crippen molar-refractivity contribution in [3.05, 3.63) is 71.1 Å². The Morgan fingerprint density at radius 3 is 2.38 bits per heavy atom. The fraction of sp³-hybridized carbons (Fsp3) is 0.158. The number of aromatic nitrogens is 1. The molecule has 0 amide bonds. The molecule has 0 saturated heterocycles. The summed E-state index contributed by atoms with van der Waals surface area (Å²) < 4.78 is 5.74. The molecule has 0 radical (unpaired) electrons. The van der Waals surface area contributed by atoms with Crippen molar-refractivity contribution < 1.29 is 14.3 Å². The molecule has 4 nitrogen and oxygen atoms in total. The first kappa shape index (κ1) is 16.3. The summed E-state index contributed by atoms with van der Waals surface area (Å²) in [5.41, 5.74) is 3.16. The zero-order chi connectivity index (χ0) is 17.1. The monoisotopic (exact) mass is 339 g/mol. The van der Waals surface area contributed by atoms with E-state index in [1.54, 1.807) is 36.0 Å². The molecule has 24 heavy (non-hydrogen) atoms. The fourth-order valence-corrected chi connectivity index (χ4v) is 3.13. The zero-order valence-electron chi connectivity index (χ0n) is 13.4. The lowest BCUT2D eigenvalue weighted by Gasteiger charge is -2.00. The molecule has 3 aromatic rings. The number of hydrogen-bond acceptors (Lipinski definition) is 4. The van der Waals surface area contributed by atoms with Crippen molar-refractivity contribution in [2.75, 3.05) is 0 Å². The molecule has 0 aliphatic rings. The van der Waals surface area contributed by atoms with Gasteiger partial charge in [0.1, 0.15) is 5.76 Å². The second-order valence-corrected chi connectivity index (χ2v) is 6.55. The molecule has 3 rings (SSSR count). The number of benzene rings is 2. The summed E-state index contributed by atoms with van der Waals surface area (Å²) >= 11 is 1.71. The van der Waals surface area contributed by atoms with Gasteiger partial charge in [0.15, 0.2) is 0 Å². The maximum atomic E-state index is 10.9. The van der Waals surface area contributed by atoms with Crippen LogP contribution in [0.3, 0.4) is 0 Å². The third-order valence-electron chi connectivity index (χ3n) is 3.67. The van der Waals surface area contributed by atoms with Crippen LogP contribution < -0.4 is 0 Å². The second kappa shape index (κ2) is 6.93. The van der Waals surface area contributed by atoms with Crippen molar-refractivity contribution >= 4 is 17.7 Å². The van der Waals surface area contributed by atoms with Crippen molar-refractivity contribution in [2.45, 2.75) is 24.5 Å². The Labute approximate surface area is 144 Å². The third kappa shape index (κ3) is 3.68. The number of aryl methyl sites for hydroxylation is 2. The molecule has 122 valence electrons. The van der Waals surface area contributed by atoms with Crippen LogP contribution in [-0.4, -0.2) is 16.1 Å². The average Bonchev–Trinajstić information content (AvgIpc) is 2.95. The molecule has 0 atom stereocenters. The fourth-order valence-electron chi connectivity index (χ4n) is 2.23. The number of oxazole rings is 1. The number of carboxylic acid groups (broad SMARTS) is 1. The number of nitrogens with zero attached hydrogens (tertiary/aromatic N) is 1. The van der Waals surface area contributed by atoms with Gasteiger partial charge in [0.05, 0.1) is 11.3 Å². The highest BCUT2D eigenvalue weighted by Gasteiger charge is 2.12. The Morgan fingerprint density at radius 1 is 1.08 bits per heavy atom. The zero-order valence-corrected chi connectivity index (χ0v) is 14.3. The highest BCUT2D eigenvalue weighted by molar-refractivity contribution is 7.98. The Morgan fingerprint density at radius 2 is 1.75 bits per heavy atom. The lowest BCUT2D eigenvalue weighted by molar-refractivity contribution is 0.0697. The Kier molecular flexibility index (Phi) is 4.71. The first-order valence-electron chi connectivity index (χ1n) is 7.52. The van der Waals surface area contributed by atoms with E-state index in [1.807, 2.05) is 6.92 Å². The highest BCUT2D eigenvalue weighted by Crippen LogP contribution is 2.27. The predicted octanol–water partition coefficient (Wildman–Crippen LogP) is 4.95. The van der Waals surface area contributed by atoms with Crippen molar-refractivity contribution in [3.8, 4) is 11.5 Å². The molecular weight excluding hydrogens is 322 g/mol. The predicted molar refractivity (Wildman–Crippen MR) is 94.4 cm³/mol. The molecule has 0 unspecified atom stereocenters. The van der Waals surface area contributed by atoms with Crippen LogP contribution in [0.2, 0.25) is 0 Å². The van der Waals surface area contributed by atoms with Crippen molar-refractivity contribution in [1.29, 1.82) is 0 Å². The van der Waals surface area contributed by atoms with E-state index in [4.69, 9.17) is 9.52 Å². The van der Waals surface area contributed by atoms with Crippen LogP contribution >= 0.6 is 11.8 Å². The molecule has 0 bridgehead atoms. The van der Waals surface area contributed by atoms with Crippen molar-refractivity contribution in [2.24, 2.45) is 0 Å². The highest BCUT2D eigenvalue weighted by atomic mass is 32.2. The average molecular weight is 339 g/mol. The lowest BCUT2D eigenvalue weighted by atomic mass is 10.1. The van der Waals surface area contributed by atoms with Crippen LogP contribution in [-0.2, 0) is 5.75 Å². The van der Waals surface area contributed by atoms with Crippen LogP contribution in [0.4, 0.5) is 0 Å².